The van der Waals surface area contributed by atoms with Crippen molar-refractivity contribution in [2.45, 2.75) is 32.6 Å². The molecule has 0 aliphatic carbocycles. The van der Waals surface area contributed by atoms with E-state index in [1.54, 1.807) is 0 Å². The van der Waals surface area contributed by atoms with Gasteiger partial charge in [-0.3, -0.25) is 0 Å². The van der Waals surface area contributed by atoms with Crippen LogP contribution in [-0.4, -0.2) is 35.6 Å². The Labute approximate surface area is 89.6 Å². The van der Waals surface area contributed by atoms with Gasteiger partial charge in [0, 0.05) is 6.54 Å². The van der Waals surface area contributed by atoms with Crippen molar-refractivity contribution in [1.29, 1.82) is 0 Å². The molecule has 0 bridgehead atoms. The number of halogens is 1. The fourth-order valence-corrected chi connectivity index (χ4v) is 1.96. The predicted octanol–water partition coefficient (Wildman–Crippen LogP) is 2.19. The third-order valence-electron chi connectivity index (χ3n) is 2.72. The lowest BCUT2D eigenvalue weighted by Gasteiger charge is -2.17. The number of hydrogen-bond acceptors (Lipinski definition) is 2. The highest BCUT2D eigenvalue weighted by Crippen LogP contribution is 2.21. The molecule has 0 radical (unpaired) electrons. The van der Waals surface area contributed by atoms with Crippen molar-refractivity contribution in [3.8, 4) is 0 Å². The summed E-state index contributed by atoms with van der Waals surface area (Å²) >= 11 is 0. The van der Waals surface area contributed by atoms with Crippen molar-refractivity contribution in [3.63, 3.8) is 0 Å². The summed E-state index contributed by atoms with van der Waals surface area (Å²) in [5.41, 5.74) is 0.473. The molecule has 0 spiro atoms. The SMILES string of the molecule is CCCN1CCC/C(=C(\F)C(=O)O)CC1. The van der Waals surface area contributed by atoms with Gasteiger partial charge in [-0.15, -0.1) is 0 Å². The molecule has 1 aliphatic heterocycles. The lowest BCUT2D eigenvalue weighted by Crippen LogP contribution is -2.25. The number of likely N-dealkylation sites (tertiary alicyclic amines) is 1. The van der Waals surface area contributed by atoms with Crippen molar-refractivity contribution in [2.75, 3.05) is 19.6 Å². The molecule has 1 saturated heterocycles. The number of carbonyl (C=O) groups is 1. The summed E-state index contributed by atoms with van der Waals surface area (Å²) in [6, 6.07) is 0. The molecule has 4 heteroatoms. The first-order chi connectivity index (χ1) is 7.15. The fourth-order valence-electron chi connectivity index (χ4n) is 1.96. The summed E-state index contributed by atoms with van der Waals surface area (Å²) in [4.78, 5) is 12.7. The quantitative estimate of drug-likeness (QED) is 0.734. The van der Waals surface area contributed by atoms with E-state index >= 15 is 0 Å². The van der Waals surface area contributed by atoms with Crippen LogP contribution in [0.3, 0.4) is 0 Å². The molecule has 0 aromatic rings. The van der Waals surface area contributed by atoms with Crippen LogP contribution in [0.25, 0.3) is 0 Å². The molecule has 0 saturated carbocycles. The van der Waals surface area contributed by atoms with Gasteiger partial charge >= 0.3 is 5.97 Å². The first-order valence-corrected chi connectivity index (χ1v) is 5.48. The molecule has 1 heterocycles. The van der Waals surface area contributed by atoms with Crippen LogP contribution in [0, 0.1) is 0 Å². The molecular weight excluding hydrogens is 197 g/mol. The number of hydrogen-bond donors (Lipinski definition) is 1. The molecule has 15 heavy (non-hydrogen) atoms. The van der Waals surface area contributed by atoms with E-state index in [9.17, 15) is 9.18 Å². The van der Waals surface area contributed by atoms with Gasteiger partial charge in [-0.25, -0.2) is 4.79 Å². The maximum absolute atomic E-state index is 13.2. The molecule has 0 amide bonds. The average Bonchev–Trinajstić information content (AvgIpc) is 2.43. The van der Waals surface area contributed by atoms with Crippen molar-refractivity contribution >= 4 is 5.97 Å². The Bertz CT molecular complexity index is 263. The minimum atomic E-state index is -1.42. The van der Waals surface area contributed by atoms with Gasteiger partial charge < -0.3 is 10.0 Å². The summed E-state index contributed by atoms with van der Waals surface area (Å²) in [5, 5.41) is 8.55. The standard InChI is InChI=1S/C11H18FNO2/c1-2-6-13-7-3-4-9(5-8-13)10(12)11(14)15/h2-8H2,1H3,(H,14,15)/b10-9+. The van der Waals surface area contributed by atoms with Gasteiger partial charge in [0.15, 0.2) is 0 Å². The van der Waals surface area contributed by atoms with Crippen LogP contribution in [0.4, 0.5) is 4.39 Å². The lowest BCUT2D eigenvalue weighted by molar-refractivity contribution is -0.134. The van der Waals surface area contributed by atoms with Gasteiger partial charge in [0.05, 0.1) is 0 Å². The van der Waals surface area contributed by atoms with Gasteiger partial charge in [-0.1, -0.05) is 6.92 Å². The highest BCUT2D eigenvalue weighted by molar-refractivity contribution is 5.84. The van der Waals surface area contributed by atoms with Crippen LogP contribution < -0.4 is 0 Å². The first kappa shape index (κ1) is 12.2. The zero-order valence-electron chi connectivity index (χ0n) is 9.13. The average molecular weight is 215 g/mol. The second kappa shape index (κ2) is 5.85. The number of aliphatic carboxylic acids is 1. The van der Waals surface area contributed by atoms with Gasteiger partial charge in [-0.2, -0.15) is 4.39 Å². The molecular formula is C11H18FNO2. The lowest BCUT2D eigenvalue weighted by atomic mass is 10.1. The highest BCUT2D eigenvalue weighted by Gasteiger charge is 2.18. The van der Waals surface area contributed by atoms with Gasteiger partial charge in [0.1, 0.15) is 0 Å². The number of carboxylic acid groups (broad SMARTS) is 1. The van der Waals surface area contributed by atoms with E-state index in [2.05, 4.69) is 11.8 Å². The molecule has 1 aliphatic rings. The molecule has 1 rings (SSSR count). The van der Waals surface area contributed by atoms with Crippen molar-refractivity contribution in [2.24, 2.45) is 0 Å². The Hall–Kier alpha value is -0.900. The normalized spacial score (nSPS) is 22.3. The minimum absolute atomic E-state index is 0.473. The zero-order valence-corrected chi connectivity index (χ0v) is 9.13. The van der Waals surface area contributed by atoms with Crippen LogP contribution >= 0.6 is 0 Å². The maximum Gasteiger partial charge on any atom is 0.364 e. The van der Waals surface area contributed by atoms with E-state index in [0.717, 1.165) is 32.5 Å². The number of nitrogens with zero attached hydrogens (tertiary/aromatic N) is 1. The second-order valence-corrected chi connectivity index (χ2v) is 3.92. The van der Waals surface area contributed by atoms with E-state index < -0.39 is 11.8 Å². The maximum atomic E-state index is 13.2. The highest BCUT2D eigenvalue weighted by atomic mass is 19.1. The van der Waals surface area contributed by atoms with Crippen molar-refractivity contribution in [1.82, 2.24) is 4.90 Å². The van der Waals surface area contributed by atoms with Gasteiger partial charge in [-0.05, 0) is 44.3 Å². The smallest absolute Gasteiger partial charge is 0.364 e. The second-order valence-electron chi connectivity index (χ2n) is 3.92. The predicted molar refractivity (Wildman–Crippen MR) is 56.4 cm³/mol. The van der Waals surface area contributed by atoms with E-state index in [1.165, 1.54) is 0 Å². The number of rotatable bonds is 3. The van der Waals surface area contributed by atoms with Crippen molar-refractivity contribution in [3.05, 3.63) is 11.4 Å². The van der Waals surface area contributed by atoms with Gasteiger partial charge in [0.2, 0.25) is 5.83 Å². The largest absolute Gasteiger partial charge is 0.476 e. The summed E-state index contributed by atoms with van der Waals surface area (Å²) in [6.45, 7) is 4.86. The zero-order chi connectivity index (χ0) is 11.3. The Morgan fingerprint density at radius 2 is 2.20 bits per heavy atom. The van der Waals surface area contributed by atoms with Crippen LogP contribution in [0.5, 0.6) is 0 Å². The monoisotopic (exact) mass is 215 g/mol. The Kier molecular flexibility index (Phi) is 4.75. The Morgan fingerprint density at radius 1 is 1.47 bits per heavy atom. The van der Waals surface area contributed by atoms with E-state index in [1.807, 2.05) is 0 Å². The summed E-state index contributed by atoms with van der Waals surface area (Å²) in [7, 11) is 0. The van der Waals surface area contributed by atoms with Crippen LogP contribution in [0.15, 0.2) is 11.4 Å². The molecule has 0 aromatic heterocycles. The third-order valence-corrected chi connectivity index (χ3v) is 2.72. The first-order valence-electron chi connectivity index (χ1n) is 5.48. The third kappa shape index (κ3) is 3.63. The summed E-state index contributed by atoms with van der Waals surface area (Å²) in [5.74, 6) is -2.36. The topological polar surface area (TPSA) is 40.5 Å². The summed E-state index contributed by atoms with van der Waals surface area (Å²) < 4.78 is 13.2. The molecule has 1 N–H and O–H groups in total. The van der Waals surface area contributed by atoms with Gasteiger partial charge in [0.25, 0.3) is 0 Å². The van der Waals surface area contributed by atoms with Crippen molar-refractivity contribution < 1.29 is 14.3 Å². The van der Waals surface area contributed by atoms with Crippen LogP contribution in [0.1, 0.15) is 32.6 Å². The van der Waals surface area contributed by atoms with E-state index in [4.69, 9.17) is 5.11 Å². The fraction of sp³-hybridized carbons (Fsp3) is 0.727. The number of carboxylic acids is 1. The Morgan fingerprint density at radius 3 is 2.80 bits per heavy atom. The van der Waals surface area contributed by atoms with E-state index in [0.29, 0.717) is 18.4 Å². The molecule has 0 atom stereocenters. The molecule has 0 unspecified atom stereocenters. The van der Waals surface area contributed by atoms with Crippen LogP contribution in [-0.2, 0) is 4.79 Å². The molecule has 1 fully saturated rings. The summed E-state index contributed by atoms with van der Waals surface area (Å²) in [6.07, 6.45) is 3.08. The molecule has 0 aromatic carbocycles. The molecule has 3 nitrogen and oxygen atoms in total. The van der Waals surface area contributed by atoms with E-state index in [-0.39, 0.29) is 0 Å². The van der Waals surface area contributed by atoms with Crippen LogP contribution in [0.2, 0.25) is 0 Å². The molecule has 86 valence electrons. The Balaban J connectivity index is 2.59. The minimum Gasteiger partial charge on any atom is -0.476 e.